The van der Waals surface area contributed by atoms with Crippen LogP contribution in [0.25, 0.3) is 0 Å². The van der Waals surface area contributed by atoms with Gasteiger partial charge in [0.05, 0.1) is 13.2 Å². The van der Waals surface area contributed by atoms with E-state index in [1.54, 1.807) is 7.11 Å². The molecule has 0 spiro atoms. The molecule has 6 nitrogen and oxygen atoms in total. The van der Waals surface area contributed by atoms with Gasteiger partial charge in [0, 0.05) is 46.9 Å². The first-order chi connectivity index (χ1) is 13.3. The molecule has 2 rings (SSSR count). The third kappa shape index (κ3) is 9.22. The minimum absolute atomic E-state index is 0.653. The van der Waals surface area contributed by atoms with Gasteiger partial charge in [-0.3, -0.25) is 4.99 Å². The molecule has 1 unspecified atom stereocenters. The predicted molar refractivity (Wildman–Crippen MR) is 111 cm³/mol. The molecule has 27 heavy (non-hydrogen) atoms. The summed E-state index contributed by atoms with van der Waals surface area (Å²) in [5.41, 5.74) is 1.43. The lowest BCUT2D eigenvalue weighted by atomic mass is 10.1. The maximum Gasteiger partial charge on any atom is 0.190 e. The Hall–Kier alpha value is -1.63. The van der Waals surface area contributed by atoms with Crippen LogP contribution < -0.4 is 10.6 Å². The van der Waals surface area contributed by atoms with E-state index in [1.807, 2.05) is 7.05 Å². The van der Waals surface area contributed by atoms with Crippen LogP contribution in [0, 0.1) is 5.92 Å². The first kappa shape index (κ1) is 21.7. The fraction of sp³-hybridized carbons (Fsp3) is 0.667. The van der Waals surface area contributed by atoms with Crippen molar-refractivity contribution in [3.05, 3.63) is 35.9 Å². The van der Waals surface area contributed by atoms with Crippen molar-refractivity contribution in [2.24, 2.45) is 10.9 Å². The van der Waals surface area contributed by atoms with Crippen LogP contribution >= 0.6 is 0 Å². The molecule has 0 saturated carbocycles. The molecule has 0 radical (unpaired) electrons. The van der Waals surface area contributed by atoms with E-state index in [-0.39, 0.29) is 0 Å². The van der Waals surface area contributed by atoms with Crippen molar-refractivity contribution in [2.45, 2.75) is 19.3 Å². The van der Waals surface area contributed by atoms with Crippen molar-refractivity contribution in [3.8, 4) is 0 Å². The van der Waals surface area contributed by atoms with E-state index in [0.717, 1.165) is 45.0 Å². The van der Waals surface area contributed by atoms with Gasteiger partial charge in [-0.1, -0.05) is 30.3 Å². The Labute approximate surface area is 164 Å². The van der Waals surface area contributed by atoms with Crippen LogP contribution in [0.1, 0.15) is 18.4 Å². The molecule has 1 fully saturated rings. The van der Waals surface area contributed by atoms with Gasteiger partial charge in [0.1, 0.15) is 0 Å². The van der Waals surface area contributed by atoms with E-state index < -0.39 is 0 Å². The number of guanidine groups is 1. The smallest absolute Gasteiger partial charge is 0.190 e. The molecule has 1 saturated heterocycles. The number of methoxy groups -OCH3 is 1. The van der Waals surface area contributed by atoms with Gasteiger partial charge in [-0.05, 0) is 37.3 Å². The van der Waals surface area contributed by atoms with Gasteiger partial charge in [0.25, 0.3) is 0 Å². The number of nitrogens with one attached hydrogen (secondary N) is 2. The summed E-state index contributed by atoms with van der Waals surface area (Å²) in [7, 11) is 3.51. The van der Waals surface area contributed by atoms with Crippen LogP contribution in [-0.2, 0) is 15.9 Å². The second kappa shape index (κ2) is 13.5. The Balaban J connectivity index is 1.53. The predicted octanol–water partition coefficient (Wildman–Crippen LogP) is 1.77. The number of hydrogen-bond acceptors (Lipinski definition) is 4. The Morgan fingerprint density at radius 3 is 2.81 bits per heavy atom. The van der Waals surface area contributed by atoms with Crippen molar-refractivity contribution in [1.82, 2.24) is 15.5 Å². The molecule has 2 N–H and O–H groups in total. The number of benzene rings is 1. The molecule has 0 aliphatic carbocycles. The van der Waals surface area contributed by atoms with Gasteiger partial charge in [-0.15, -0.1) is 0 Å². The topological polar surface area (TPSA) is 58.1 Å². The van der Waals surface area contributed by atoms with Gasteiger partial charge >= 0.3 is 0 Å². The summed E-state index contributed by atoms with van der Waals surface area (Å²) in [4.78, 5) is 6.89. The van der Waals surface area contributed by atoms with Gasteiger partial charge in [0.15, 0.2) is 5.96 Å². The highest BCUT2D eigenvalue weighted by atomic mass is 16.5. The van der Waals surface area contributed by atoms with Crippen molar-refractivity contribution in [1.29, 1.82) is 0 Å². The molecule has 0 bridgehead atoms. The van der Waals surface area contributed by atoms with Gasteiger partial charge in [-0.2, -0.15) is 0 Å². The maximum atomic E-state index is 5.47. The summed E-state index contributed by atoms with van der Waals surface area (Å²) < 4.78 is 10.4. The largest absolute Gasteiger partial charge is 0.382 e. The molecule has 152 valence electrons. The zero-order valence-corrected chi connectivity index (χ0v) is 17.0. The van der Waals surface area contributed by atoms with Crippen molar-refractivity contribution in [3.63, 3.8) is 0 Å². The molecule has 1 atom stereocenters. The van der Waals surface area contributed by atoms with Gasteiger partial charge in [0.2, 0.25) is 0 Å². The molecule has 1 heterocycles. The molecule has 1 aromatic rings. The fourth-order valence-electron chi connectivity index (χ4n) is 3.30. The molecular formula is C21H36N4O2. The number of hydrogen-bond donors (Lipinski definition) is 2. The lowest BCUT2D eigenvalue weighted by molar-refractivity contribution is 0.0698. The van der Waals surface area contributed by atoms with Crippen LogP contribution in [0.5, 0.6) is 0 Å². The summed E-state index contributed by atoms with van der Waals surface area (Å²) in [6.07, 6.45) is 3.35. The second-order valence-corrected chi connectivity index (χ2v) is 7.03. The number of rotatable bonds is 12. The Kier molecular flexibility index (Phi) is 10.9. The SMILES string of the molecule is CN=C(NCCCOCCOC)NCC1CCN(CCc2ccccc2)C1. The maximum absolute atomic E-state index is 5.47. The third-order valence-corrected chi connectivity index (χ3v) is 4.90. The minimum Gasteiger partial charge on any atom is -0.382 e. The standard InChI is InChI=1S/C21H36N4O2/c1-22-21(23-11-6-14-27-16-15-26-2)24-17-20-10-13-25(18-20)12-9-19-7-4-3-5-8-19/h3-5,7-8,20H,6,9-18H2,1-2H3,(H2,22,23,24). The van der Waals surface area contributed by atoms with E-state index in [4.69, 9.17) is 9.47 Å². The lowest BCUT2D eigenvalue weighted by Gasteiger charge is -2.17. The van der Waals surface area contributed by atoms with E-state index in [1.165, 1.54) is 25.1 Å². The zero-order chi connectivity index (χ0) is 19.2. The van der Waals surface area contributed by atoms with Crippen LogP contribution in [0.2, 0.25) is 0 Å². The van der Waals surface area contributed by atoms with Crippen LogP contribution in [0.15, 0.2) is 35.3 Å². The van der Waals surface area contributed by atoms with Gasteiger partial charge in [-0.25, -0.2) is 0 Å². The monoisotopic (exact) mass is 376 g/mol. The van der Waals surface area contributed by atoms with Crippen molar-refractivity contribution >= 4 is 5.96 Å². The lowest BCUT2D eigenvalue weighted by Crippen LogP contribution is -2.40. The first-order valence-electron chi connectivity index (χ1n) is 10.1. The van der Waals surface area contributed by atoms with Crippen molar-refractivity contribution in [2.75, 3.05) is 66.7 Å². The highest BCUT2D eigenvalue weighted by Crippen LogP contribution is 2.15. The summed E-state index contributed by atoms with van der Waals surface area (Å²) in [6.45, 7) is 7.41. The number of ether oxygens (including phenoxy) is 2. The number of aliphatic imine (C=N–C) groups is 1. The highest BCUT2D eigenvalue weighted by molar-refractivity contribution is 5.79. The normalized spacial score (nSPS) is 18.0. The van der Waals surface area contributed by atoms with Crippen LogP contribution in [-0.4, -0.2) is 77.6 Å². The van der Waals surface area contributed by atoms with Crippen LogP contribution in [0.4, 0.5) is 0 Å². The number of nitrogens with zero attached hydrogens (tertiary/aromatic N) is 2. The summed E-state index contributed by atoms with van der Waals surface area (Å²) in [5.74, 6) is 1.58. The molecule has 1 aromatic carbocycles. The van der Waals surface area contributed by atoms with E-state index in [0.29, 0.717) is 19.1 Å². The van der Waals surface area contributed by atoms with Crippen molar-refractivity contribution < 1.29 is 9.47 Å². The molecule has 1 aliphatic heterocycles. The van der Waals surface area contributed by atoms with Gasteiger partial charge < -0.3 is 25.0 Å². The minimum atomic E-state index is 0.653. The Morgan fingerprint density at radius 2 is 2.04 bits per heavy atom. The average molecular weight is 377 g/mol. The quantitative estimate of drug-likeness (QED) is 0.331. The molecule has 1 aliphatic rings. The fourth-order valence-corrected chi connectivity index (χ4v) is 3.30. The second-order valence-electron chi connectivity index (χ2n) is 7.03. The Bertz CT molecular complexity index is 524. The molecule has 6 heteroatoms. The summed E-state index contributed by atoms with van der Waals surface area (Å²) >= 11 is 0. The summed E-state index contributed by atoms with van der Waals surface area (Å²) in [6, 6.07) is 10.8. The zero-order valence-electron chi connectivity index (χ0n) is 17.0. The summed E-state index contributed by atoms with van der Waals surface area (Å²) in [5, 5.41) is 6.82. The number of likely N-dealkylation sites (tertiary alicyclic amines) is 1. The van der Waals surface area contributed by atoms with Crippen LogP contribution in [0.3, 0.4) is 0 Å². The molecular weight excluding hydrogens is 340 g/mol. The van der Waals surface area contributed by atoms with E-state index >= 15 is 0 Å². The highest BCUT2D eigenvalue weighted by Gasteiger charge is 2.22. The average Bonchev–Trinajstić information content (AvgIpc) is 3.16. The third-order valence-electron chi connectivity index (χ3n) is 4.90. The van der Waals surface area contributed by atoms with E-state index in [9.17, 15) is 0 Å². The first-order valence-corrected chi connectivity index (χ1v) is 10.1. The van der Waals surface area contributed by atoms with E-state index in [2.05, 4.69) is 50.9 Å². The molecule has 0 aromatic heterocycles. The Morgan fingerprint density at radius 1 is 1.19 bits per heavy atom. The molecule has 0 amide bonds.